The number of H-pyrrole nitrogens is 1. The molecule has 0 bridgehead atoms. The molecule has 90 valence electrons. The van der Waals surface area contributed by atoms with Gasteiger partial charge in [-0.1, -0.05) is 24.3 Å². The second kappa shape index (κ2) is 4.18. The van der Waals surface area contributed by atoms with Gasteiger partial charge < -0.3 is 10.1 Å². The fraction of sp³-hybridized carbons (Fsp3) is 0.133. The minimum Gasteiger partial charge on any atom is -0.507 e. The number of phenolic OH excluding ortho intramolecular Hbond substituents is 1. The quantitative estimate of drug-likeness (QED) is 0.803. The van der Waals surface area contributed by atoms with E-state index >= 15 is 0 Å². The number of aromatic nitrogens is 1. The standard InChI is InChI=1S/C15H13NO2/c17-13-8-4-7-11-14(13)12(9-16-15(11)18)10-5-2-1-3-6-10/h1-2,4-5,7-9,17H,3,6H2,(H,16,18). The van der Waals surface area contributed by atoms with Crippen molar-refractivity contribution in [2.24, 2.45) is 0 Å². The van der Waals surface area contributed by atoms with Crippen LogP contribution in [-0.4, -0.2) is 10.1 Å². The zero-order valence-corrected chi connectivity index (χ0v) is 9.81. The van der Waals surface area contributed by atoms with Gasteiger partial charge in [0, 0.05) is 17.1 Å². The van der Waals surface area contributed by atoms with Crippen LogP contribution in [-0.2, 0) is 0 Å². The summed E-state index contributed by atoms with van der Waals surface area (Å²) in [6.07, 6.45) is 9.75. The van der Waals surface area contributed by atoms with Crippen molar-refractivity contribution in [2.45, 2.75) is 12.8 Å². The van der Waals surface area contributed by atoms with E-state index in [4.69, 9.17) is 0 Å². The first kappa shape index (κ1) is 10.8. The Morgan fingerprint density at radius 2 is 2.17 bits per heavy atom. The number of aromatic amines is 1. The molecule has 0 amide bonds. The molecule has 18 heavy (non-hydrogen) atoms. The van der Waals surface area contributed by atoms with E-state index in [1.54, 1.807) is 24.4 Å². The summed E-state index contributed by atoms with van der Waals surface area (Å²) in [6.45, 7) is 0. The van der Waals surface area contributed by atoms with Crippen LogP contribution in [0.15, 0.2) is 47.4 Å². The molecule has 1 heterocycles. The second-order valence-corrected chi connectivity index (χ2v) is 4.39. The van der Waals surface area contributed by atoms with E-state index in [0.29, 0.717) is 10.8 Å². The number of hydrogen-bond acceptors (Lipinski definition) is 2. The Kier molecular flexibility index (Phi) is 2.52. The lowest BCUT2D eigenvalue weighted by Gasteiger charge is -2.12. The van der Waals surface area contributed by atoms with E-state index in [0.717, 1.165) is 24.0 Å². The molecule has 1 aliphatic rings. The van der Waals surface area contributed by atoms with E-state index in [2.05, 4.69) is 11.1 Å². The first-order valence-electron chi connectivity index (χ1n) is 5.97. The fourth-order valence-corrected chi connectivity index (χ4v) is 2.38. The number of benzene rings is 1. The molecule has 0 fully saturated rings. The topological polar surface area (TPSA) is 53.1 Å². The summed E-state index contributed by atoms with van der Waals surface area (Å²) in [5.74, 6) is 0.157. The first-order valence-corrected chi connectivity index (χ1v) is 5.97. The predicted molar refractivity (Wildman–Crippen MR) is 72.6 cm³/mol. The lowest BCUT2D eigenvalue weighted by atomic mass is 9.94. The number of nitrogens with one attached hydrogen (secondary N) is 1. The van der Waals surface area contributed by atoms with Gasteiger partial charge in [0.05, 0.1) is 5.39 Å². The molecule has 0 unspecified atom stereocenters. The zero-order valence-electron chi connectivity index (χ0n) is 9.81. The third-order valence-electron chi connectivity index (χ3n) is 3.26. The van der Waals surface area contributed by atoms with E-state index < -0.39 is 0 Å². The second-order valence-electron chi connectivity index (χ2n) is 4.39. The van der Waals surface area contributed by atoms with Gasteiger partial charge in [0.25, 0.3) is 5.56 Å². The maximum atomic E-state index is 11.8. The van der Waals surface area contributed by atoms with Crippen LogP contribution in [0.1, 0.15) is 18.4 Å². The van der Waals surface area contributed by atoms with Gasteiger partial charge in [0.2, 0.25) is 0 Å². The van der Waals surface area contributed by atoms with Crippen LogP contribution >= 0.6 is 0 Å². The van der Waals surface area contributed by atoms with Crippen LogP contribution in [0.4, 0.5) is 0 Å². The van der Waals surface area contributed by atoms with Crippen LogP contribution in [0.3, 0.4) is 0 Å². The highest BCUT2D eigenvalue weighted by atomic mass is 16.3. The highest BCUT2D eigenvalue weighted by Gasteiger charge is 2.12. The van der Waals surface area contributed by atoms with Crippen LogP contribution in [0.2, 0.25) is 0 Å². The number of hydrogen-bond donors (Lipinski definition) is 2. The molecule has 1 aromatic carbocycles. The zero-order chi connectivity index (χ0) is 12.5. The molecule has 1 aliphatic carbocycles. The normalized spacial score (nSPS) is 14.8. The predicted octanol–water partition coefficient (Wildman–Crippen LogP) is 2.97. The van der Waals surface area contributed by atoms with Crippen molar-refractivity contribution in [1.82, 2.24) is 4.98 Å². The van der Waals surface area contributed by atoms with Gasteiger partial charge in [-0.3, -0.25) is 4.79 Å². The third kappa shape index (κ3) is 1.64. The van der Waals surface area contributed by atoms with Crippen molar-refractivity contribution in [2.75, 3.05) is 0 Å². The molecule has 0 saturated heterocycles. The third-order valence-corrected chi connectivity index (χ3v) is 3.26. The highest BCUT2D eigenvalue weighted by Crippen LogP contribution is 2.32. The summed E-state index contributed by atoms with van der Waals surface area (Å²) in [4.78, 5) is 14.5. The maximum absolute atomic E-state index is 11.8. The largest absolute Gasteiger partial charge is 0.507 e. The lowest BCUT2D eigenvalue weighted by Crippen LogP contribution is -2.07. The molecular formula is C15H13NO2. The summed E-state index contributed by atoms with van der Waals surface area (Å²) in [6, 6.07) is 5.03. The van der Waals surface area contributed by atoms with Crippen molar-refractivity contribution >= 4 is 16.3 Å². The van der Waals surface area contributed by atoms with Crippen molar-refractivity contribution in [3.8, 4) is 5.75 Å². The highest BCUT2D eigenvalue weighted by molar-refractivity contribution is 5.97. The molecular weight excluding hydrogens is 226 g/mol. The van der Waals surface area contributed by atoms with Gasteiger partial charge in [-0.2, -0.15) is 0 Å². The van der Waals surface area contributed by atoms with E-state index in [-0.39, 0.29) is 11.3 Å². The summed E-state index contributed by atoms with van der Waals surface area (Å²) in [5.41, 5.74) is 1.88. The van der Waals surface area contributed by atoms with Crippen LogP contribution in [0.25, 0.3) is 16.3 Å². The van der Waals surface area contributed by atoms with Crippen molar-refractivity contribution in [3.63, 3.8) is 0 Å². The van der Waals surface area contributed by atoms with Gasteiger partial charge in [0.15, 0.2) is 0 Å². The summed E-state index contributed by atoms with van der Waals surface area (Å²) >= 11 is 0. The molecule has 3 heteroatoms. The van der Waals surface area contributed by atoms with Gasteiger partial charge >= 0.3 is 0 Å². The SMILES string of the molecule is O=c1[nH]cc(C2=CC=CCC2)c2c(O)cccc12. The van der Waals surface area contributed by atoms with Gasteiger partial charge in [-0.05, 0) is 30.5 Å². The van der Waals surface area contributed by atoms with E-state index in [9.17, 15) is 9.90 Å². The average molecular weight is 239 g/mol. The number of fused-ring (bicyclic) bond motifs is 1. The lowest BCUT2D eigenvalue weighted by molar-refractivity contribution is 0.481. The molecule has 0 saturated carbocycles. The van der Waals surface area contributed by atoms with Crippen LogP contribution < -0.4 is 5.56 Å². The minimum absolute atomic E-state index is 0.157. The Balaban J connectivity index is 2.37. The van der Waals surface area contributed by atoms with Crippen LogP contribution in [0, 0.1) is 0 Å². The fourth-order valence-electron chi connectivity index (χ4n) is 2.38. The molecule has 3 nitrogen and oxygen atoms in total. The molecule has 0 spiro atoms. The Morgan fingerprint density at radius 3 is 2.94 bits per heavy atom. The van der Waals surface area contributed by atoms with E-state index in [1.165, 1.54) is 0 Å². The van der Waals surface area contributed by atoms with Gasteiger partial charge in [0.1, 0.15) is 5.75 Å². The summed E-state index contributed by atoms with van der Waals surface area (Å²) < 4.78 is 0. The first-order chi connectivity index (χ1) is 8.77. The average Bonchev–Trinajstić information content (AvgIpc) is 2.41. The number of aromatic hydroxyl groups is 1. The Bertz CT molecular complexity index is 723. The van der Waals surface area contributed by atoms with Gasteiger partial charge in [-0.25, -0.2) is 0 Å². The van der Waals surface area contributed by atoms with Gasteiger partial charge in [-0.15, -0.1) is 0 Å². The number of phenols is 1. The van der Waals surface area contributed by atoms with Crippen molar-refractivity contribution in [3.05, 3.63) is 58.5 Å². The molecule has 1 aromatic heterocycles. The summed E-state index contributed by atoms with van der Waals surface area (Å²) in [7, 11) is 0. The van der Waals surface area contributed by atoms with Crippen LogP contribution in [0.5, 0.6) is 5.75 Å². The summed E-state index contributed by atoms with van der Waals surface area (Å²) in [5, 5.41) is 11.2. The number of pyridine rings is 1. The van der Waals surface area contributed by atoms with E-state index in [1.807, 2.05) is 12.2 Å². The Labute approximate surface area is 104 Å². The Hall–Kier alpha value is -2.29. The molecule has 0 aliphatic heterocycles. The molecule has 0 atom stereocenters. The Morgan fingerprint density at radius 1 is 1.28 bits per heavy atom. The van der Waals surface area contributed by atoms with Crippen molar-refractivity contribution < 1.29 is 5.11 Å². The van der Waals surface area contributed by atoms with Crippen molar-refractivity contribution in [1.29, 1.82) is 0 Å². The number of allylic oxidation sites excluding steroid dienone is 4. The molecule has 2 N–H and O–H groups in total. The minimum atomic E-state index is -0.170. The smallest absolute Gasteiger partial charge is 0.255 e. The maximum Gasteiger partial charge on any atom is 0.255 e. The molecule has 0 radical (unpaired) electrons. The monoisotopic (exact) mass is 239 g/mol. The molecule has 2 aromatic rings. The molecule has 3 rings (SSSR count). The number of rotatable bonds is 1.